The van der Waals surface area contributed by atoms with E-state index >= 15 is 0 Å². The van der Waals surface area contributed by atoms with E-state index < -0.39 is 18.0 Å². The molecule has 170 valence electrons. The highest BCUT2D eigenvalue weighted by Crippen LogP contribution is 2.07. The van der Waals surface area contributed by atoms with Gasteiger partial charge >= 0.3 is 6.09 Å². The zero-order valence-corrected chi connectivity index (χ0v) is 19.4. The van der Waals surface area contributed by atoms with Crippen molar-refractivity contribution in [1.82, 2.24) is 10.6 Å². The number of methoxy groups -OCH3 is 1. The summed E-state index contributed by atoms with van der Waals surface area (Å²) in [5.41, 5.74) is 1.98. The molecule has 0 saturated heterocycles. The highest BCUT2D eigenvalue weighted by molar-refractivity contribution is 5.90. The van der Waals surface area contributed by atoms with Gasteiger partial charge in [0, 0.05) is 7.11 Å². The highest BCUT2D eigenvalue weighted by atomic mass is 16.5. The summed E-state index contributed by atoms with van der Waals surface area (Å²) in [6.45, 7) is 12.3. The number of carbonyl (C=O) groups excluding carboxylic acids is 3. The van der Waals surface area contributed by atoms with Gasteiger partial charge in [-0.2, -0.15) is 0 Å². The number of carbonyl (C=O) groups is 3. The second kappa shape index (κ2) is 15.4. The molecule has 1 aromatic carbocycles. The average Bonchev–Trinajstić information content (AvgIpc) is 2.64. The Hall–Kier alpha value is -2.41. The predicted octanol–water partition coefficient (Wildman–Crippen LogP) is 3.63. The van der Waals surface area contributed by atoms with E-state index in [0.29, 0.717) is 6.42 Å². The Morgan fingerprint density at radius 3 is 2.07 bits per heavy atom. The lowest BCUT2D eigenvalue weighted by atomic mass is 10.0. The summed E-state index contributed by atoms with van der Waals surface area (Å²) in [6.07, 6.45) is -0.237. The van der Waals surface area contributed by atoms with Gasteiger partial charge in [0.2, 0.25) is 5.91 Å². The van der Waals surface area contributed by atoms with E-state index in [1.54, 1.807) is 0 Å². The summed E-state index contributed by atoms with van der Waals surface area (Å²) in [7, 11) is 1.41. The van der Waals surface area contributed by atoms with Crippen LogP contribution < -0.4 is 10.6 Å². The van der Waals surface area contributed by atoms with Gasteiger partial charge in [-0.1, -0.05) is 64.4 Å². The summed E-state index contributed by atoms with van der Waals surface area (Å²) in [4.78, 5) is 35.7. The Balaban J connectivity index is 0.00000192. The molecule has 0 unspecified atom stereocenters. The molecule has 0 aliphatic carbocycles. The third kappa shape index (κ3) is 14.6. The summed E-state index contributed by atoms with van der Waals surface area (Å²) in [5, 5.41) is 5.09. The van der Waals surface area contributed by atoms with Crippen LogP contribution in [-0.4, -0.2) is 44.1 Å². The Morgan fingerprint density at radius 1 is 1.00 bits per heavy atom. The Bertz CT molecular complexity index is 639. The first kappa shape index (κ1) is 27.6. The summed E-state index contributed by atoms with van der Waals surface area (Å²) >= 11 is 0. The molecule has 30 heavy (non-hydrogen) atoms. The van der Waals surface area contributed by atoms with Crippen LogP contribution in [0.1, 0.15) is 52.2 Å². The van der Waals surface area contributed by atoms with Crippen molar-refractivity contribution in [2.24, 2.45) is 11.8 Å². The van der Waals surface area contributed by atoms with Gasteiger partial charge in [0.1, 0.15) is 19.3 Å². The summed E-state index contributed by atoms with van der Waals surface area (Å²) < 4.78 is 9.89. The molecule has 1 aromatic rings. The lowest BCUT2D eigenvalue weighted by Gasteiger charge is -2.19. The quantitative estimate of drug-likeness (QED) is 0.600. The molecule has 0 radical (unpaired) electrons. The second-order valence-electron chi connectivity index (χ2n) is 8.31. The number of nitrogens with one attached hydrogen (secondary N) is 2. The van der Waals surface area contributed by atoms with E-state index in [-0.39, 0.29) is 31.5 Å². The van der Waals surface area contributed by atoms with Gasteiger partial charge in [0.05, 0.1) is 6.54 Å². The SMILES string of the molecule is CC(C)C.COCC(=O)CNC(=O)[C@H](CC(C)C)NC(=O)OCc1ccc(C)cc1. The maximum absolute atomic E-state index is 12.3. The van der Waals surface area contributed by atoms with E-state index in [2.05, 4.69) is 31.4 Å². The lowest BCUT2D eigenvalue weighted by Crippen LogP contribution is -2.48. The van der Waals surface area contributed by atoms with Crippen molar-refractivity contribution in [3.8, 4) is 0 Å². The fourth-order valence-electron chi connectivity index (χ4n) is 2.24. The maximum Gasteiger partial charge on any atom is 0.408 e. The monoisotopic (exact) mass is 422 g/mol. The van der Waals surface area contributed by atoms with Crippen LogP contribution in [0.15, 0.2) is 24.3 Å². The number of hydrogen-bond donors (Lipinski definition) is 2. The molecule has 0 aromatic heterocycles. The maximum atomic E-state index is 12.3. The van der Waals surface area contributed by atoms with Crippen LogP contribution in [0.5, 0.6) is 0 Å². The minimum atomic E-state index is -0.768. The van der Waals surface area contributed by atoms with Gasteiger partial charge in [-0.3, -0.25) is 9.59 Å². The largest absolute Gasteiger partial charge is 0.445 e. The number of hydrogen-bond acceptors (Lipinski definition) is 5. The van der Waals surface area contributed by atoms with Crippen LogP contribution in [0.3, 0.4) is 0 Å². The van der Waals surface area contributed by atoms with Crippen molar-refractivity contribution >= 4 is 17.8 Å². The number of Topliss-reactive ketones (excluding diaryl/α,β-unsaturated/α-hetero) is 1. The predicted molar refractivity (Wildman–Crippen MR) is 118 cm³/mol. The summed E-state index contributed by atoms with van der Waals surface area (Å²) in [6, 6.07) is 6.85. The molecule has 0 bridgehead atoms. The van der Waals surface area contributed by atoms with Crippen molar-refractivity contribution < 1.29 is 23.9 Å². The first-order valence-corrected chi connectivity index (χ1v) is 10.3. The molecular weight excluding hydrogens is 384 g/mol. The van der Waals surface area contributed by atoms with Crippen molar-refractivity contribution in [1.29, 1.82) is 0 Å². The third-order valence-corrected chi connectivity index (χ3v) is 3.57. The van der Waals surface area contributed by atoms with Crippen LogP contribution in [0.4, 0.5) is 4.79 Å². The zero-order valence-electron chi connectivity index (χ0n) is 19.4. The van der Waals surface area contributed by atoms with Gasteiger partial charge < -0.3 is 20.1 Å². The molecule has 0 spiro atoms. The van der Waals surface area contributed by atoms with Crippen LogP contribution in [0.25, 0.3) is 0 Å². The standard InChI is InChI=1S/C19H28N2O5.C4H10/c1-13(2)9-17(18(23)20-10-16(22)12-25-4)21-19(24)26-11-15-7-5-14(3)6-8-15;1-4(2)3/h5-8,13,17H,9-12H2,1-4H3,(H,20,23)(H,21,24);4H,1-3H3/t17-;/m0./s1. The number of amides is 2. The molecule has 0 fully saturated rings. The summed E-state index contributed by atoms with van der Waals surface area (Å²) in [5.74, 6) is 0.347. The normalized spacial score (nSPS) is 11.4. The number of rotatable bonds is 10. The van der Waals surface area contributed by atoms with Gasteiger partial charge in [-0.25, -0.2) is 4.79 Å². The Kier molecular flexibility index (Phi) is 14.2. The molecule has 7 heteroatoms. The zero-order chi connectivity index (χ0) is 23.1. The Morgan fingerprint density at radius 2 is 1.57 bits per heavy atom. The van der Waals surface area contributed by atoms with Crippen molar-refractivity contribution in [2.45, 2.75) is 60.6 Å². The number of benzene rings is 1. The van der Waals surface area contributed by atoms with E-state index in [1.807, 2.05) is 45.0 Å². The molecule has 7 nitrogen and oxygen atoms in total. The van der Waals surface area contributed by atoms with Crippen molar-refractivity contribution in [3.05, 3.63) is 35.4 Å². The van der Waals surface area contributed by atoms with E-state index in [1.165, 1.54) is 7.11 Å². The molecular formula is C23H38N2O5. The number of aryl methyl sites for hydroxylation is 1. The number of alkyl carbamates (subject to hydrolysis) is 1. The minimum absolute atomic E-state index is 0.0683. The molecule has 0 aliphatic heterocycles. The van der Waals surface area contributed by atoms with E-state index in [0.717, 1.165) is 17.0 Å². The third-order valence-electron chi connectivity index (χ3n) is 3.57. The molecule has 0 aliphatic rings. The van der Waals surface area contributed by atoms with Gasteiger partial charge in [0.15, 0.2) is 5.78 Å². The first-order chi connectivity index (χ1) is 14.0. The number of ketones is 1. The second-order valence-corrected chi connectivity index (χ2v) is 8.31. The first-order valence-electron chi connectivity index (χ1n) is 10.3. The molecule has 1 rings (SSSR count). The van der Waals surface area contributed by atoms with Crippen LogP contribution in [0, 0.1) is 18.8 Å². The average molecular weight is 423 g/mol. The van der Waals surface area contributed by atoms with E-state index in [4.69, 9.17) is 9.47 Å². The number of ether oxygens (including phenoxy) is 2. The fraction of sp³-hybridized carbons (Fsp3) is 0.609. The smallest absolute Gasteiger partial charge is 0.408 e. The lowest BCUT2D eigenvalue weighted by molar-refractivity contribution is -0.128. The van der Waals surface area contributed by atoms with Crippen molar-refractivity contribution in [3.63, 3.8) is 0 Å². The highest BCUT2D eigenvalue weighted by Gasteiger charge is 2.23. The van der Waals surface area contributed by atoms with Crippen molar-refractivity contribution in [2.75, 3.05) is 20.3 Å². The van der Waals surface area contributed by atoms with Crippen LogP contribution >= 0.6 is 0 Å². The topological polar surface area (TPSA) is 93.7 Å². The van der Waals surface area contributed by atoms with E-state index in [9.17, 15) is 14.4 Å². The molecule has 0 saturated carbocycles. The fourth-order valence-corrected chi connectivity index (χ4v) is 2.24. The van der Waals surface area contributed by atoms with Gasteiger partial charge in [-0.05, 0) is 30.7 Å². The van der Waals surface area contributed by atoms with Gasteiger partial charge in [0.25, 0.3) is 0 Å². The molecule has 2 amide bonds. The van der Waals surface area contributed by atoms with Crippen LogP contribution in [-0.2, 0) is 25.7 Å². The molecule has 1 atom stereocenters. The Labute approximate surface area is 180 Å². The molecule has 2 N–H and O–H groups in total. The van der Waals surface area contributed by atoms with Crippen LogP contribution in [0.2, 0.25) is 0 Å². The minimum Gasteiger partial charge on any atom is -0.445 e. The van der Waals surface area contributed by atoms with Gasteiger partial charge in [-0.15, -0.1) is 0 Å². The molecule has 0 heterocycles.